The number of aromatic nitrogens is 2. The topological polar surface area (TPSA) is 64.9 Å². The Kier molecular flexibility index (Phi) is 4.62. The Labute approximate surface area is 120 Å². The van der Waals surface area contributed by atoms with Crippen LogP contribution >= 0.6 is 0 Å². The fraction of sp³-hybridized carbons (Fsp3) is 0.429. The molecule has 0 saturated carbocycles. The summed E-state index contributed by atoms with van der Waals surface area (Å²) in [5.41, 5.74) is 5.40. The molecule has 0 amide bonds. The van der Waals surface area contributed by atoms with Gasteiger partial charge < -0.3 is 10.3 Å². The average Bonchev–Trinajstić information content (AvgIpc) is 2.94. The molecule has 0 saturated heterocycles. The van der Waals surface area contributed by atoms with Crippen LogP contribution in [0.5, 0.6) is 0 Å². The summed E-state index contributed by atoms with van der Waals surface area (Å²) in [5.74, 6) is 0.360. The molecule has 1 heterocycles. The van der Waals surface area contributed by atoms with E-state index in [9.17, 15) is 13.2 Å². The van der Waals surface area contributed by atoms with Crippen LogP contribution < -0.4 is 5.73 Å². The Morgan fingerprint density at radius 2 is 2.10 bits per heavy atom. The van der Waals surface area contributed by atoms with Crippen molar-refractivity contribution in [2.24, 2.45) is 5.73 Å². The van der Waals surface area contributed by atoms with E-state index in [2.05, 4.69) is 10.1 Å². The van der Waals surface area contributed by atoms with Crippen molar-refractivity contribution >= 4 is 0 Å². The first-order valence-corrected chi connectivity index (χ1v) is 6.68. The molecule has 2 aromatic rings. The van der Waals surface area contributed by atoms with Crippen LogP contribution in [0.4, 0.5) is 13.2 Å². The fourth-order valence-electron chi connectivity index (χ4n) is 1.89. The van der Waals surface area contributed by atoms with Gasteiger partial charge in [-0.15, -0.1) is 0 Å². The molecule has 1 aromatic heterocycles. The lowest BCUT2D eigenvalue weighted by molar-refractivity contribution is -0.137. The number of nitrogens with two attached hydrogens (primary N) is 1. The molecule has 2 N–H and O–H groups in total. The van der Waals surface area contributed by atoms with Crippen molar-refractivity contribution in [3.8, 4) is 11.4 Å². The van der Waals surface area contributed by atoms with Gasteiger partial charge in [-0.2, -0.15) is 18.2 Å². The second-order valence-corrected chi connectivity index (χ2v) is 4.78. The lowest BCUT2D eigenvalue weighted by Crippen LogP contribution is -2.10. The Balaban J connectivity index is 2.22. The molecule has 4 nitrogen and oxygen atoms in total. The summed E-state index contributed by atoms with van der Waals surface area (Å²) in [5, 5.41) is 3.71. The summed E-state index contributed by atoms with van der Waals surface area (Å²) in [6.07, 6.45) is -1.80. The van der Waals surface area contributed by atoms with Gasteiger partial charge in [-0.25, -0.2) is 0 Å². The summed E-state index contributed by atoms with van der Waals surface area (Å²) < 4.78 is 43.1. The lowest BCUT2D eigenvalue weighted by Gasteiger charge is -2.06. The number of alkyl halides is 3. The molecule has 0 aliphatic rings. The van der Waals surface area contributed by atoms with Crippen molar-refractivity contribution in [3.63, 3.8) is 0 Å². The van der Waals surface area contributed by atoms with Crippen LogP contribution in [0.25, 0.3) is 11.4 Å². The van der Waals surface area contributed by atoms with Crippen molar-refractivity contribution in [3.05, 3.63) is 35.7 Å². The van der Waals surface area contributed by atoms with E-state index >= 15 is 0 Å². The van der Waals surface area contributed by atoms with Crippen molar-refractivity contribution in [1.29, 1.82) is 0 Å². The van der Waals surface area contributed by atoms with Crippen LogP contribution in [0.15, 0.2) is 28.8 Å². The molecule has 2 rings (SSSR count). The minimum atomic E-state index is -4.40. The number of benzene rings is 1. The molecule has 0 fully saturated rings. The van der Waals surface area contributed by atoms with Gasteiger partial charge in [0.1, 0.15) is 0 Å². The van der Waals surface area contributed by atoms with Gasteiger partial charge in [0, 0.05) is 5.56 Å². The minimum absolute atomic E-state index is 0.114. The highest BCUT2D eigenvalue weighted by molar-refractivity contribution is 5.55. The van der Waals surface area contributed by atoms with E-state index in [-0.39, 0.29) is 17.3 Å². The summed E-state index contributed by atoms with van der Waals surface area (Å²) in [6.45, 7) is 2.04. The predicted molar refractivity (Wildman–Crippen MR) is 71.2 cm³/mol. The fourth-order valence-corrected chi connectivity index (χ4v) is 1.89. The summed E-state index contributed by atoms with van der Waals surface area (Å²) >= 11 is 0. The molecule has 0 spiro atoms. The zero-order valence-electron chi connectivity index (χ0n) is 11.5. The second-order valence-electron chi connectivity index (χ2n) is 4.78. The number of unbranched alkanes of at least 4 members (excludes halogenated alkanes) is 1. The number of nitrogens with zero attached hydrogens (tertiary/aromatic N) is 2. The largest absolute Gasteiger partial charge is 0.416 e. The standard InChI is InChI=1S/C14H16F3N3O/c1-2-3-7-11(18)13-19-12(20-21-13)9-5-4-6-10(8-9)14(15,16)17/h4-6,8,11H,2-3,7,18H2,1H3/t11-/m0/s1. The maximum atomic E-state index is 12.7. The van der Waals surface area contributed by atoms with Crippen LogP contribution in [0, 0.1) is 0 Å². The Hall–Kier alpha value is -1.89. The van der Waals surface area contributed by atoms with E-state index in [4.69, 9.17) is 10.3 Å². The lowest BCUT2D eigenvalue weighted by atomic mass is 10.1. The Morgan fingerprint density at radius 1 is 1.33 bits per heavy atom. The molecule has 1 atom stereocenters. The highest BCUT2D eigenvalue weighted by atomic mass is 19.4. The smallest absolute Gasteiger partial charge is 0.337 e. The molecule has 0 aliphatic heterocycles. The van der Waals surface area contributed by atoms with Gasteiger partial charge in [-0.3, -0.25) is 0 Å². The molecule has 114 valence electrons. The maximum Gasteiger partial charge on any atom is 0.416 e. The van der Waals surface area contributed by atoms with Crippen LogP contribution in [0.1, 0.15) is 43.7 Å². The van der Waals surface area contributed by atoms with E-state index in [0.29, 0.717) is 6.42 Å². The van der Waals surface area contributed by atoms with Gasteiger partial charge in [0.05, 0.1) is 11.6 Å². The molecule has 0 bridgehead atoms. The van der Waals surface area contributed by atoms with E-state index in [1.54, 1.807) is 0 Å². The maximum absolute atomic E-state index is 12.7. The average molecular weight is 299 g/mol. The van der Waals surface area contributed by atoms with Crippen molar-refractivity contribution in [2.75, 3.05) is 0 Å². The highest BCUT2D eigenvalue weighted by Gasteiger charge is 2.30. The van der Waals surface area contributed by atoms with Gasteiger partial charge in [0.2, 0.25) is 11.7 Å². The molecular weight excluding hydrogens is 283 g/mol. The third-order valence-electron chi connectivity index (χ3n) is 3.08. The number of rotatable bonds is 5. The Bertz CT molecular complexity index is 595. The van der Waals surface area contributed by atoms with Crippen LogP contribution in [-0.4, -0.2) is 10.1 Å². The van der Waals surface area contributed by atoms with E-state index < -0.39 is 17.8 Å². The first-order valence-electron chi connectivity index (χ1n) is 6.68. The molecule has 21 heavy (non-hydrogen) atoms. The first-order chi connectivity index (χ1) is 9.91. The summed E-state index contributed by atoms with van der Waals surface area (Å²) in [4.78, 5) is 4.09. The molecule has 1 aromatic carbocycles. The Morgan fingerprint density at radius 3 is 2.76 bits per heavy atom. The van der Waals surface area contributed by atoms with Gasteiger partial charge in [0.25, 0.3) is 0 Å². The normalized spacial score (nSPS) is 13.4. The summed E-state index contributed by atoms with van der Waals surface area (Å²) in [6, 6.07) is 4.41. The minimum Gasteiger partial charge on any atom is -0.337 e. The van der Waals surface area contributed by atoms with Gasteiger partial charge in [-0.1, -0.05) is 37.1 Å². The zero-order chi connectivity index (χ0) is 15.5. The van der Waals surface area contributed by atoms with E-state index in [0.717, 1.165) is 25.0 Å². The molecule has 0 unspecified atom stereocenters. The SMILES string of the molecule is CCCC[C@H](N)c1nc(-c2cccc(C(F)(F)F)c2)no1. The van der Waals surface area contributed by atoms with Crippen molar-refractivity contribution in [2.45, 2.75) is 38.4 Å². The van der Waals surface area contributed by atoms with E-state index in [1.807, 2.05) is 6.92 Å². The molecule has 7 heteroatoms. The second kappa shape index (κ2) is 6.26. The summed E-state index contributed by atoms with van der Waals surface area (Å²) in [7, 11) is 0. The third kappa shape index (κ3) is 3.81. The van der Waals surface area contributed by atoms with Crippen LogP contribution in [0.3, 0.4) is 0 Å². The molecular formula is C14H16F3N3O. The first kappa shape index (κ1) is 15.5. The highest BCUT2D eigenvalue weighted by Crippen LogP contribution is 2.31. The van der Waals surface area contributed by atoms with Gasteiger partial charge in [-0.05, 0) is 18.6 Å². The monoisotopic (exact) mass is 299 g/mol. The predicted octanol–water partition coefficient (Wildman–Crippen LogP) is 3.95. The van der Waals surface area contributed by atoms with Crippen molar-refractivity contribution in [1.82, 2.24) is 10.1 Å². The third-order valence-corrected chi connectivity index (χ3v) is 3.08. The number of halogens is 3. The van der Waals surface area contributed by atoms with E-state index in [1.165, 1.54) is 12.1 Å². The molecule has 0 radical (unpaired) electrons. The number of hydrogen-bond acceptors (Lipinski definition) is 4. The van der Waals surface area contributed by atoms with Crippen molar-refractivity contribution < 1.29 is 17.7 Å². The molecule has 0 aliphatic carbocycles. The zero-order valence-corrected chi connectivity index (χ0v) is 11.5. The van der Waals surface area contributed by atoms with Crippen LogP contribution in [0.2, 0.25) is 0 Å². The van der Waals surface area contributed by atoms with Crippen LogP contribution in [-0.2, 0) is 6.18 Å². The van der Waals surface area contributed by atoms with Gasteiger partial charge >= 0.3 is 6.18 Å². The van der Waals surface area contributed by atoms with Gasteiger partial charge in [0.15, 0.2) is 0 Å². The quantitative estimate of drug-likeness (QED) is 0.908. The number of hydrogen-bond donors (Lipinski definition) is 1.